The first-order valence-corrected chi connectivity index (χ1v) is 8.73. The van der Waals surface area contributed by atoms with E-state index in [1.54, 1.807) is 6.07 Å². The van der Waals surface area contributed by atoms with Crippen LogP contribution >= 0.6 is 15.9 Å². The van der Waals surface area contributed by atoms with Crippen LogP contribution < -0.4 is 4.74 Å². The van der Waals surface area contributed by atoms with Crippen molar-refractivity contribution in [2.75, 3.05) is 7.11 Å². The van der Waals surface area contributed by atoms with Gasteiger partial charge in [-0.1, -0.05) is 6.07 Å². The number of furan rings is 1. The summed E-state index contributed by atoms with van der Waals surface area (Å²) in [6.07, 6.45) is -4.05. The van der Waals surface area contributed by atoms with E-state index in [2.05, 4.69) is 20.7 Å². The van der Waals surface area contributed by atoms with Gasteiger partial charge in [-0.3, -0.25) is 4.79 Å². The van der Waals surface area contributed by atoms with Crippen LogP contribution in [0.5, 0.6) is 5.75 Å². The van der Waals surface area contributed by atoms with Crippen LogP contribution in [-0.2, 0) is 28.7 Å². The molecule has 148 valence electrons. The molecular formula is C19H13BrF4O4. The molecule has 28 heavy (non-hydrogen) atoms. The quantitative estimate of drug-likeness (QED) is 0.364. The number of hydrogen-bond acceptors (Lipinski definition) is 4. The molecule has 2 aromatic carbocycles. The average Bonchev–Trinajstić information content (AvgIpc) is 3.06. The van der Waals surface area contributed by atoms with E-state index in [1.807, 2.05) is 0 Å². The summed E-state index contributed by atoms with van der Waals surface area (Å²) in [4.78, 5) is 11.5. The molecule has 3 rings (SSSR count). The van der Waals surface area contributed by atoms with Crippen molar-refractivity contribution in [1.29, 1.82) is 0 Å². The summed E-state index contributed by atoms with van der Waals surface area (Å²) >= 11 is 3.18. The molecule has 0 saturated carbocycles. The molecule has 0 aliphatic rings. The molecule has 0 unspecified atom stereocenters. The Kier molecular flexibility index (Phi) is 5.64. The van der Waals surface area contributed by atoms with E-state index >= 15 is 0 Å². The van der Waals surface area contributed by atoms with Gasteiger partial charge in [0.2, 0.25) is 0 Å². The molecule has 0 bridgehead atoms. The Morgan fingerprint density at radius 1 is 1.21 bits per heavy atom. The zero-order valence-corrected chi connectivity index (χ0v) is 16.0. The first kappa shape index (κ1) is 20.2. The summed E-state index contributed by atoms with van der Waals surface area (Å²) in [5.74, 6) is -1.01. The second-order valence-corrected chi connectivity index (χ2v) is 6.75. The van der Waals surface area contributed by atoms with E-state index in [4.69, 9.17) is 9.15 Å². The maximum atomic E-state index is 13.6. The number of carbonyl (C=O) groups excluding carboxylic acids is 1. The van der Waals surface area contributed by atoms with Crippen LogP contribution in [0, 0.1) is 5.82 Å². The van der Waals surface area contributed by atoms with E-state index in [0.29, 0.717) is 21.9 Å². The topological polar surface area (TPSA) is 48.7 Å². The molecule has 0 fully saturated rings. The van der Waals surface area contributed by atoms with Gasteiger partial charge in [-0.25, -0.2) is 4.39 Å². The molecule has 9 heteroatoms. The van der Waals surface area contributed by atoms with Gasteiger partial charge in [0, 0.05) is 17.0 Å². The number of benzene rings is 2. The van der Waals surface area contributed by atoms with Gasteiger partial charge in [-0.05, 0) is 39.7 Å². The highest BCUT2D eigenvalue weighted by atomic mass is 79.9. The Morgan fingerprint density at radius 2 is 1.96 bits per heavy atom. The van der Waals surface area contributed by atoms with Gasteiger partial charge >= 0.3 is 12.1 Å². The maximum Gasteiger partial charge on any atom is 0.420 e. The van der Waals surface area contributed by atoms with Crippen molar-refractivity contribution < 1.29 is 36.2 Å². The van der Waals surface area contributed by atoms with Crippen LogP contribution in [0.4, 0.5) is 17.6 Å². The zero-order chi connectivity index (χ0) is 20.5. The van der Waals surface area contributed by atoms with E-state index in [1.165, 1.54) is 25.3 Å². The molecule has 0 amide bonds. The van der Waals surface area contributed by atoms with Gasteiger partial charge in [0.05, 0.1) is 18.0 Å². The molecular weight excluding hydrogens is 448 g/mol. The first-order valence-electron chi connectivity index (χ1n) is 7.94. The predicted octanol–water partition coefficient (Wildman–Crippen LogP) is 5.65. The molecule has 1 aromatic heterocycles. The van der Waals surface area contributed by atoms with Crippen LogP contribution in [-0.4, -0.2) is 13.1 Å². The first-order chi connectivity index (χ1) is 13.2. The van der Waals surface area contributed by atoms with Crippen molar-refractivity contribution in [2.24, 2.45) is 0 Å². The van der Waals surface area contributed by atoms with Crippen LogP contribution in [0.2, 0.25) is 0 Å². The Bertz CT molecular complexity index is 1030. The Morgan fingerprint density at radius 3 is 2.64 bits per heavy atom. The third-order valence-electron chi connectivity index (χ3n) is 3.98. The highest BCUT2D eigenvalue weighted by molar-refractivity contribution is 9.10. The monoisotopic (exact) mass is 460 g/mol. The molecule has 4 nitrogen and oxygen atoms in total. The molecule has 0 atom stereocenters. The summed E-state index contributed by atoms with van der Waals surface area (Å²) in [5, 5.41) is -0.116. The van der Waals surface area contributed by atoms with Crippen molar-refractivity contribution >= 4 is 32.9 Å². The number of alkyl halides is 3. The fraction of sp³-hybridized carbons (Fsp3) is 0.211. The third kappa shape index (κ3) is 4.30. The van der Waals surface area contributed by atoms with Crippen molar-refractivity contribution in [1.82, 2.24) is 0 Å². The number of esters is 1. The lowest BCUT2D eigenvalue weighted by atomic mass is 10.1. The third-order valence-corrected chi connectivity index (χ3v) is 4.57. The Hall–Kier alpha value is -2.55. The highest BCUT2D eigenvalue weighted by Crippen LogP contribution is 2.39. The van der Waals surface area contributed by atoms with E-state index in [0.717, 1.165) is 6.07 Å². The van der Waals surface area contributed by atoms with Crippen LogP contribution in [0.25, 0.3) is 11.0 Å². The lowest BCUT2D eigenvalue weighted by Crippen LogP contribution is -2.07. The van der Waals surface area contributed by atoms with Crippen molar-refractivity contribution in [3.8, 4) is 5.75 Å². The van der Waals surface area contributed by atoms with Gasteiger partial charge in [0.1, 0.15) is 35.6 Å². The standard InChI is InChI=1S/C19H13BrF4O4/c1-26-17(25)6-11-2-3-12(21)7-16(11)27-8-10-4-13-14(19(22,23)24)9-28-18(13)15(20)5-10/h2-5,7,9H,6,8H2,1H3. The molecule has 0 radical (unpaired) electrons. The number of methoxy groups -OCH3 is 1. The number of rotatable bonds is 5. The minimum absolute atomic E-state index is 0.0632. The summed E-state index contributed by atoms with van der Waals surface area (Å²) in [5.41, 5.74) is -0.0392. The van der Waals surface area contributed by atoms with E-state index in [9.17, 15) is 22.4 Å². The van der Waals surface area contributed by atoms with Crippen LogP contribution in [0.1, 0.15) is 16.7 Å². The molecule has 1 heterocycles. The predicted molar refractivity (Wildman–Crippen MR) is 95.4 cm³/mol. The molecule has 0 aliphatic heterocycles. The largest absolute Gasteiger partial charge is 0.488 e. The summed E-state index contributed by atoms with van der Waals surface area (Å²) in [7, 11) is 1.22. The Labute approximate surface area is 165 Å². The number of hydrogen-bond donors (Lipinski definition) is 0. The summed E-state index contributed by atoms with van der Waals surface area (Å²) in [6, 6.07) is 6.51. The number of fused-ring (bicyclic) bond motifs is 1. The zero-order valence-electron chi connectivity index (χ0n) is 14.4. The van der Waals surface area contributed by atoms with Crippen LogP contribution in [0.3, 0.4) is 0 Å². The molecule has 0 N–H and O–H groups in total. The fourth-order valence-electron chi connectivity index (χ4n) is 2.65. The smallest absolute Gasteiger partial charge is 0.420 e. The van der Waals surface area contributed by atoms with Gasteiger partial charge in [0.15, 0.2) is 0 Å². The second kappa shape index (κ2) is 7.83. The number of halogens is 5. The van der Waals surface area contributed by atoms with Gasteiger partial charge < -0.3 is 13.9 Å². The van der Waals surface area contributed by atoms with Gasteiger partial charge in [0.25, 0.3) is 0 Å². The van der Waals surface area contributed by atoms with Crippen molar-refractivity contribution in [3.63, 3.8) is 0 Å². The normalized spacial score (nSPS) is 11.6. The average molecular weight is 461 g/mol. The lowest BCUT2D eigenvalue weighted by molar-refractivity contribution is -0.140. The van der Waals surface area contributed by atoms with E-state index < -0.39 is 23.5 Å². The number of carbonyl (C=O) groups is 1. The highest BCUT2D eigenvalue weighted by Gasteiger charge is 2.35. The van der Waals surface area contributed by atoms with Gasteiger partial charge in [-0.2, -0.15) is 13.2 Å². The molecule has 3 aromatic rings. The molecule has 0 saturated heterocycles. The fourth-order valence-corrected chi connectivity index (χ4v) is 3.25. The minimum atomic E-state index is -4.57. The maximum absolute atomic E-state index is 13.6. The van der Waals surface area contributed by atoms with Crippen molar-refractivity contribution in [3.05, 3.63) is 63.6 Å². The molecule has 0 aliphatic carbocycles. The molecule has 0 spiro atoms. The van der Waals surface area contributed by atoms with Gasteiger partial charge in [-0.15, -0.1) is 0 Å². The lowest BCUT2D eigenvalue weighted by Gasteiger charge is -2.12. The van der Waals surface area contributed by atoms with E-state index in [-0.39, 0.29) is 29.7 Å². The SMILES string of the molecule is COC(=O)Cc1ccc(F)cc1OCc1cc(Br)c2occ(C(F)(F)F)c2c1. The van der Waals surface area contributed by atoms with Crippen LogP contribution in [0.15, 0.2) is 45.5 Å². The summed E-state index contributed by atoms with van der Waals surface area (Å²) < 4.78 is 68.4. The van der Waals surface area contributed by atoms with Crippen molar-refractivity contribution in [2.45, 2.75) is 19.2 Å². The minimum Gasteiger partial charge on any atom is -0.488 e. The summed E-state index contributed by atoms with van der Waals surface area (Å²) in [6.45, 7) is -0.144. The second-order valence-electron chi connectivity index (χ2n) is 5.90. The number of ether oxygens (including phenoxy) is 2. The Balaban J connectivity index is 1.90.